The van der Waals surface area contributed by atoms with E-state index in [-0.39, 0.29) is 6.61 Å². The number of aliphatic hydroxyl groups is 1. The van der Waals surface area contributed by atoms with Gasteiger partial charge in [0, 0.05) is 25.4 Å². The number of anilines is 2. The molecule has 0 aliphatic heterocycles. The van der Waals surface area contributed by atoms with Crippen molar-refractivity contribution < 1.29 is 5.11 Å². The molecule has 1 heterocycles. The highest BCUT2D eigenvalue weighted by Crippen LogP contribution is 2.29. The van der Waals surface area contributed by atoms with E-state index in [0.29, 0.717) is 21.7 Å². The van der Waals surface area contributed by atoms with E-state index in [9.17, 15) is 0 Å². The van der Waals surface area contributed by atoms with E-state index in [2.05, 4.69) is 22.5 Å². The van der Waals surface area contributed by atoms with E-state index in [0.717, 1.165) is 37.4 Å². The van der Waals surface area contributed by atoms with Crippen LogP contribution in [0.4, 0.5) is 11.6 Å². The maximum absolute atomic E-state index is 8.69. The van der Waals surface area contributed by atoms with Gasteiger partial charge in [0.05, 0.1) is 10.0 Å². The highest BCUT2D eigenvalue weighted by molar-refractivity contribution is 7.99. The summed E-state index contributed by atoms with van der Waals surface area (Å²) in [7, 11) is 0. The third kappa shape index (κ3) is 6.39. The van der Waals surface area contributed by atoms with Crippen LogP contribution in [-0.2, 0) is 0 Å². The Hall–Kier alpha value is -0.360. The minimum atomic E-state index is 0.247. The minimum Gasteiger partial charge on any atom is -0.396 e. The van der Waals surface area contributed by atoms with Crippen LogP contribution in [0.25, 0.3) is 0 Å². The van der Waals surface area contributed by atoms with Crippen molar-refractivity contribution in [2.45, 2.75) is 19.8 Å². The summed E-state index contributed by atoms with van der Waals surface area (Å²) in [4.78, 5) is 4.41. The zero-order valence-electron chi connectivity index (χ0n) is 11.6. The van der Waals surface area contributed by atoms with Crippen molar-refractivity contribution in [2.24, 2.45) is 0 Å². The zero-order chi connectivity index (χ0) is 14.8. The molecule has 0 saturated carbocycles. The topological polar surface area (TPSA) is 57.2 Å². The molecule has 0 bridgehead atoms. The van der Waals surface area contributed by atoms with Crippen LogP contribution in [0.3, 0.4) is 0 Å². The average molecular weight is 338 g/mol. The molecule has 0 amide bonds. The Balaban J connectivity index is 2.47. The second kappa shape index (κ2) is 10.4. The Morgan fingerprint density at radius 2 is 1.80 bits per heavy atom. The first kappa shape index (κ1) is 17.7. The van der Waals surface area contributed by atoms with Crippen LogP contribution < -0.4 is 10.6 Å². The fraction of sp³-hybridized carbons (Fsp3) is 0.615. The number of rotatable bonds is 10. The smallest absolute Gasteiger partial charge is 0.147 e. The van der Waals surface area contributed by atoms with Gasteiger partial charge in [-0.15, -0.1) is 0 Å². The monoisotopic (exact) mass is 337 g/mol. The molecule has 1 rings (SSSR count). The van der Waals surface area contributed by atoms with Crippen LogP contribution in [0.2, 0.25) is 10.0 Å². The molecule has 20 heavy (non-hydrogen) atoms. The molecule has 1 aromatic heterocycles. The fourth-order valence-corrected chi connectivity index (χ4v) is 2.74. The number of aliphatic hydroxyl groups excluding tert-OH is 1. The molecule has 0 spiro atoms. The molecule has 7 heteroatoms. The van der Waals surface area contributed by atoms with Crippen molar-refractivity contribution in [1.29, 1.82) is 0 Å². The second-order valence-corrected chi connectivity index (χ2v) is 6.23. The van der Waals surface area contributed by atoms with E-state index in [1.54, 1.807) is 17.8 Å². The molecule has 0 aromatic carbocycles. The average Bonchev–Trinajstić information content (AvgIpc) is 2.43. The molecular weight excluding hydrogens is 317 g/mol. The van der Waals surface area contributed by atoms with Crippen molar-refractivity contribution in [3.05, 3.63) is 16.1 Å². The molecule has 0 radical (unpaired) electrons. The van der Waals surface area contributed by atoms with Crippen LogP contribution in [-0.4, -0.2) is 41.3 Å². The van der Waals surface area contributed by atoms with Gasteiger partial charge in [0.1, 0.15) is 11.6 Å². The molecule has 0 aliphatic rings. The van der Waals surface area contributed by atoms with E-state index in [1.165, 1.54) is 0 Å². The number of hydrogen-bond donors (Lipinski definition) is 3. The van der Waals surface area contributed by atoms with Crippen LogP contribution >= 0.6 is 35.0 Å². The first-order valence-electron chi connectivity index (χ1n) is 6.71. The molecule has 1 aromatic rings. The van der Waals surface area contributed by atoms with Gasteiger partial charge in [0.2, 0.25) is 0 Å². The largest absolute Gasteiger partial charge is 0.396 e. The first-order valence-corrected chi connectivity index (χ1v) is 8.62. The van der Waals surface area contributed by atoms with Crippen LogP contribution in [0.5, 0.6) is 0 Å². The van der Waals surface area contributed by atoms with Gasteiger partial charge in [-0.2, -0.15) is 11.8 Å². The molecule has 0 saturated heterocycles. The van der Waals surface area contributed by atoms with Gasteiger partial charge < -0.3 is 15.7 Å². The summed E-state index contributed by atoms with van der Waals surface area (Å²) in [6, 6.07) is 1.70. The number of hydrogen-bond acceptors (Lipinski definition) is 5. The lowest BCUT2D eigenvalue weighted by atomic mass is 10.4. The Morgan fingerprint density at radius 3 is 2.40 bits per heavy atom. The fourth-order valence-electron chi connectivity index (χ4n) is 1.47. The van der Waals surface area contributed by atoms with Crippen molar-refractivity contribution in [3.63, 3.8) is 0 Å². The quantitative estimate of drug-likeness (QED) is 0.568. The summed E-state index contributed by atoms with van der Waals surface area (Å²) in [6.07, 6.45) is 1.83. The number of pyridine rings is 1. The van der Waals surface area contributed by atoms with E-state index in [4.69, 9.17) is 28.3 Å². The maximum atomic E-state index is 8.69. The number of halogens is 2. The van der Waals surface area contributed by atoms with Crippen molar-refractivity contribution in [1.82, 2.24) is 4.98 Å². The minimum absolute atomic E-state index is 0.247. The standard InChI is InChI=1S/C13H21Cl2N3OS/c1-2-4-16-12-10(14)9-11(15)13(18-12)17-5-8-20-7-3-6-19/h9,19H,2-8H2,1H3,(H2,16,17,18). The summed E-state index contributed by atoms with van der Waals surface area (Å²) < 4.78 is 0. The van der Waals surface area contributed by atoms with Crippen molar-refractivity contribution in [2.75, 3.05) is 41.8 Å². The Labute approximate surface area is 134 Å². The third-order valence-corrected chi connectivity index (χ3v) is 4.10. The third-order valence-electron chi connectivity index (χ3n) is 2.46. The summed E-state index contributed by atoms with van der Waals surface area (Å²) in [5, 5.41) is 16.1. The Bertz CT molecular complexity index is 407. The number of aromatic nitrogens is 1. The van der Waals surface area contributed by atoms with E-state index in [1.807, 2.05) is 0 Å². The van der Waals surface area contributed by atoms with Gasteiger partial charge >= 0.3 is 0 Å². The highest BCUT2D eigenvalue weighted by Gasteiger charge is 2.08. The van der Waals surface area contributed by atoms with Gasteiger partial charge in [-0.1, -0.05) is 30.1 Å². The predicted octanol–water partition coefficient (Wildman–Crippen LogP) is 3.74. The van der Waals surface area contributed by atoms with Crippen molar-refractivity contribution >= 4 is 46.6 Å². The molecule has 4 nitrogen and oxygen atoms in total. The van der Waals surface area contributed by atoms with E-state index >= 15 is 0 Å². The lowest BCUT2D eigenvalue weighted by molar-refractivity contribution is 0.296. The predicted molar refractivity (Wildman–Crippen MR) is 90.6 cm³/mol. The number of nitrogens with zero attached hydrogens (tertiary/aromatic N) is 1. The lowest BCUT2D eigenvalue weighted by Crippen LogP contribution is -2.09. The normalized spacial score (nSPS) is 10.6. The molecule has 0 aliphatic carbocycles. The summed E-state index contributed by atoms with van der Waals surface area (Å²) in [5.74, 6) is 3.22. The molecule has 0 fully saturated rings. The second-order valence-electron chi connectivity index (χ2n) is 4.19. The van der Waals surface area contributed by atoms with Gasteiger partial charge in [0.15, 0.2) is 0 Å². The molecule has 3 N–H and O–H groups in total. The summed E-state index contributed by atoms with van der Waals surface area (Å²) in [5.41, 5.74) is 0. The number of thioether (sulfide) groups is 1. The van der Waals surface area contributed by atoms with Crippen LogP contribution in [0, 0.1) is 0 Å². The first-order chi connectivity index (χ1) is 9.69. The molecule has 114 valence electrons. The van der Waals surface area contributed by atoms with E-state index < -0.39 is 0 Å². The molecule has 0 atom stereocenters. The van der Waals surface area contributed by atoms with Crippen molar-refractivity contribution in [3.8, 4) is 0 Å². The van der Waals surface area contributed by atoms with Crippen LogP contribution in [0.1, 0.15) is 19.8 Å². The highest BCUT2D eigenvalue weighted by atomic mass is 35.5. The lowest BCUT2D eigenvalue weighted by Gasteiger charge is -2.12. The van der Waals surface area contributed by atoms with Gasteiger partial charge in [0.25, 0.3) is 0 Å². The molecule has 0 unspecified atom stereocenters. The number of nitrogens with one attached hydrogen (secondary N) is 2. The maximum Gasteiger partial charge on any atom is 0.147 e. The van der Waals surface area contributed by atoms with Gasteiger partial charge in [-0.05, 0) is 24.7 Å². The summed E-state index contributed by atoms with van der Waals surface area (Å²) >= 11 is 14.0. The van der Waals surface area contributed by atoms with Crippen LogP contribution in [0.15, 0.2) is 6.07 Å². The summed E-state index contributed by atoms with van der Waals surface area (Å²) in [6.45, 7) is 3.93. The van der Waals surface area contributed by atoms with Gasteiger partial charge in [-0.25, -0.2) is 4.98 Å². The SMILES string of the molecule is CCCNc1nc(NCCSCCCO)c(Cl)cc1Cl. The molecular formula is C13H21Cl2N3OS. The Kier molecular flexibility index (Phi) is 9.18. The zero-order valence-corrected chi connectivity index (χ0v) is 13.9. The Morgan fingerprint density at radius 1 is 1.15 bits per heavy atom. The van der Waals surface area contributed by atoms with Gasteiger partial charge in [-0.3, -0.25) is 0 Å².